The van der Waals surface area contributed by atoms with Crippen LogP contribution in [0.25, 0.3) is 11.3 Å². The number of carboxylic acids is 1. The first-order valence-electron chi connectivity index (χ1n) is 6.05. The molecule has 0 aromatic carbocycles. The Labute approximate surface area is 112 Å². The monoisotopic (exact) mass is 256 g/mol. The van der Waals surface area contributed by atoms with E-state index in [1.165, 1.54) is 0 Å². The molecule has 0 atom stereocenters. The maximum absolute atomic E-state index is 11.3. The number of pyridine rings is 2. The molecule has 4 nitrogen and oxygen atoms in total. The quantitative estimate of drug-likeness (QED) is 0.896. The average Bonchev–Trinajstić information content (AvgIpc) is 2.38. The van der Waals surface area contributed by atoms with Crippen molar-refractivity contribution in [3.8, 4) is 11.3 Å². The molecule has 0 saturated heterocycles. The molecule has 0 unspecified atom stereocenters. The van der Waals surface area contributed by atoms with Crippen LogP contribution in [0.2, 0.25) is 0 Å². The number of hydrogen-bond donors (Lipinski definition) is 1. The predicted molar refractivity (Wildman–Crippen MR) is 73.1 cm³/mol. The van der Waals surface area contributed by atoms with Crippen LogP contribution < -0.4 is 0 Å². The van der Waals surface area contributed by atoms with E-state index < -0.39 is 5.97 Å². The molecular weight excluding hydrogens is 240 g/mol. The number of rotatable bonds is 2. The van der Waals surface area contributed by atoms with Crippen molar-refractivity contribution in [1.82, 2.24) is 9.97 Å². The summed E-state index contributed by atoms with van der Waals surface area (Å²) < 4.78 is 0. The molecule has 0 aliphatic heterocycles. The maximum Gasteiger partial charge on any atom is 0.337 e. The maximum atomic E-state index is 11.3. The van der Waals surface area contributed by atoms with Gasteiger partial charge in [0, 0.05) is 23.4 Å². The minimum Gasteiger partial charge on any atom is -0.478 e. The van der Waals surface area contributed by atoms with E-state index in [9.17, 15) is 9.90 Å². The Morgan fingerprint density at radius 3 is 2.47 bits per heavy atom. The van der Waals surface area contributed by atoms with E-state index in [0.717, 1.165) is 11.3 Å². The summed E-state index contributed by atoms with van der Waals surface area (Å²) in [5, 5.41) is 9.24. The molecule has 0 saturated carbocycles. The van der Waals surface area contributed by atoms with Crippen LogP contribution >= 0.6 is 0 Å². The van der Waals surface area contributed by atoms with Gasteiger partial charge in [0.15, 0.2) is 0 Å². The second-order valence-electron chi connectivity index (χ2n) is 5.39. The van der Waals surface area contributed by atoms with E-state index in [-0.39, 0.29) is 11.0 Å². The van der Waals surface area contributed by atoms with Crippen LogP contribution in [0.3, 0.4) is 0 Å². The zero-order valence-corrected chi connectivity index (χ0v) is 11.2. The molecule has 0 fully saturated rings. The van der Waals surface area contributed by atoms with Crippen LogP contribution in [0.1, 0.15) is 36.8 Å². The zero-order valence-electron chi connectivity index (χ0n) is 11.2. The summed E-state index contributed by atoms with van der Waals surface area (Å²) >= 11 is 0. The Kier molecular flexibility index (Phi) is 3.34. The van der Waals surface area contributed by atoms with Gasteiger partial charge in [-0.15, -0.1) is 0 Å². The van der Waals surface area contributed by atoms with Gasteiger partial charge >= 0.3 is 5.97 Å². The third-order valence-electron chi connectivity index (χ3n) is 2.79. The standard InChI is InChI=1S/C15H16N2O2/c1-15(2,3)13-11(14(18)19)6-7-12(17-13)10-5-4-8-16-9-10/h4-9H,1-3H3,(H,18,19). The fourth-order valence-corrected chi connectivity index (χ4v) is 1.88. The summed E-state index contributed by atoms with van der Waals surface area (Å²) in [4.78, 5) is 19.8. The summed E-state index contributed by atoms with van der Waals surface area (Å²) in [6.07, 6.45) is 3.41. The van der Waals surface area contributed by atoms with Crippen LogP contribution in [0.5, 0.6) is 0 Å². The molecule has 2 heterocycles. The highest BCUT2D eigenvalue weighted by Gasteiger charge is 2.23. The Morgan fingerprint density at radius 1 is 1.21 bits per heavy atom. The summed E-state index contributed by atoms with van der Waals surface area (Å²) in [6.45, 7) is 5.86. The highest BCUT2D eigenvalue weighted by molar-refractivity contribution is 5.89. The summed E-state index contributed by atoms with van der Waals surface area (Å²) in [7, 11) is 0. The number of hydrogen-bond acceptors (Lipinski definition) is 3. The SMILES string of the molecule is CC(C)(C)c1nc(-c2cccnc2)ccc1C(=O)O. The van der Waals surface area contributed by atoms with Crippen LogP contribution in [0.4, 0.5) is 0 Å². The van der Waals surface area contributed by atoms with Crippen molar-refractivity contribution in [3.05, 3.63) is 47.9 Å². The third kappa shape index (κ3) is 2.78. The average molecular weight is 256 g/mol. The number of carboxylic acid groups (broad SMARTS) is 1. The molecule has 0 spiro atoms. The molecule has 2 rings (SSSR count). The third-order valence-corrected chi connectivity index (χ3v) is 2.79. The number of carbonyl (C=O) groups is 1. The van der Waals surface area contributed by atoms with Crippen LogP contribution in [-0.2, 0) is 5.41 Å². The van der Waals surface area contributed by atoms with Gasteiger partial charge in [0.1, 0.15) is 0 Å². The normalized spacial score (nSPS) is 11.3. The molecule has 0 aliphatic rings. The van der Waals surface area contributed by atoms with E-state index in [0.29, 0.717) is 5.69 Å². The molecule has 1 N–H and O–H groups in total. The number of aromatic nitrogens is 2. The zero-order chi connectivity index (χ0) is 14.0. The minimum atomic E-state index is -0.949. The summed E-state index contributed by atoms with van der Waals surface area (Å²) in [5.74, 6) is -0.949. The molecule has 2 aromatic heterocycles. The topological polar surface area (TPSA) is 63.1 Å². The first-order valence-corrected chi connectivity index (χ1v) is 6.05. The largest absolute Gasteiger partial charge is 0.478 e. The lowest BCUT2D eigenvalue weighted by molar-refractivity contribution is 0.0693. The second-order valence-corrected chi connectivity index (χ2v) is 5.39. The number of nitrogens with zero attached hydrogens (tertiary/aromatic N) is 2. The molecule has 0 aliphatic carbocycles. The summed E-state index contributed by atoms with van der Waals surface area (Å²) in [5.41, 5.74) is 2.13. The molecule has 0 amide bonds. The van der Waals surface area contributed by atoms with E-state index in [2.05, 4.69) is 9.97 Å². The van der Waals surface area contributed by atoms with E-state index in [1.807, 2.05) is 32.9 Å². The molecule has 98 valence electrons. The smallest absolute Gasteiger partial charge is 0.337 e. The molecule has 0 bridgehead atoms. The van der Waals surface area contributed by atoms with Gasteiger partial charge in [-0.05, 0) is 24.3 Å². The Morgan fingerprint density at radius 2 is 1.95 bits per heavy atom. The van der Waals surface area contributed by atoms with Gasteiger partial charge in [-0.1, -0.05) is 20.8 Å². The number of aromatic carboxylic acids is 1. The molecule has 2 aromatic rings. The molecule has 0 radical (unpaired) electrons. The fourth-order valence-electron chi connectivity index (χ4n) is 1.88. The lowest BCUT2D eigenvalue weighted by Crippen LogP contribution is -2.19. The van der Waals surface area contributed by atoms with Crippen LogP contribution in [-0.4, -0.2) is 21.0 Å². The highest BCUT2D eigenvalue weighted by Crippen LogP contribution is 2.27. The van der Waals surface area contributed by atoms with Gasteiger partial charge in [0.05, 0.1) is 17.0 Å². The van der Waals surface area contributed by atoms with Crippen molar-refractivity contribution < 1.29 is 9.90 Å². The first kappa shape index (κ1) is 13.2. The van der Waals surface area contributed by atoms with Crippen molar-refractivity contribution >= 4 is 5.97 Å². The van der Waals surface area contributed by atoms with Gasteiger partial charge in [0.25, 0.3) is 0 Å². The van der Waals surface area contributed by atoms with Gasteiger partial charge in [0.2, 0.25) is 0 Å². The lowest BCUT2D eigenvalue weighted by Gasteiger charge is -2.20. The molecule has 19 heavy (non-hydrogen) atoms. The Hall–Kier alpha value is -2.23. The van der Waals surface area contributed by atoms with Gasteiger partial charge in [-0.3, -0.25) is 9.97 Å². The van der Waals surface area contributed by atoms with E-state index in [1.54, 1.807) is 24.5 Å². The Balaban J connectivity index is 2.60. The van der Waals surface area contributed by atoms with Gasteiger partial charge < -0.3 is 5.11 Å². The van der Waals surface area contributed by atoms with Crippen LogP contribution in [0.15, 0.2) is 36.7 Å². The van der Waals surface area contributed by atoms with Crippen molar-refractivity contribution in [2.45, 2.75) is 26.2 Å². The second kappa shape index (κ2) is 4.80. The fraction of sp³-hybridized carbons (Fsp3) is 0.267. The highest BCUT2D eigenvalue weighted by atomic mass is 16.4. The lowest BCUT2D eigenvalue weighted by atomic mass is 9.88. The Bertz CT molecular complexity index is 601. The minimum absolute atomic E-state index is 0.250. The predicted octanol–water partition coefficient (Wildman–Crippen LogP) is 3.14. The van der Waals surface area contributed by atoms with Gasteiger partial charge in [-0.2, -0.15) is 0 Å². The van der Waals surface area contributed by atoms with Crippen molar-refractivity contribution in [1.29, 1.82) is 0 Å². The van der Waals surface area contributed by atoms with E-state index in [4.69, 9.17) is 0 Å². The van der Waals surface area contributed by atoms with Crippen molar-refractivity contribution in [2.24, 2.45) is 0 Å². The summed E-state index contributed by atoms with van der Waals surface area (Å²) in [6, 6.07) is 7.06. The van der Waals surface area contributed by atoms with Crippen molar-refractivity contribution in [2.75, 3.05) is 0 Å². The molecule has 4 heteroatoms. The first-order chi connectivity index (χ1) is 8.89. The van der Waals surface area contributed by atoms with Crippen molar-refractivity contribution in [3.63, 3.8) is 0 Å². The van der Waals surface area contributed by atoms with E-state index >= 15 is 0 Å². The van der Waals surface area contributed by atoms with Crippen LogP contribution in [0, 0.1) is 0 Å². The molecular formula is C15H16N2O2. The van der Waals surface area contributed by atoms with Gasteiger partial charge in [-0.25, -0.2) is 4.79 Å².